The summed E-state index contributed by atoms with van der Waals surface area (Å²) in [7, 11) is 1.50. The summed E-state index contributed by atoms with van der Waals surface area (Å²) >= 11 is 1.26. The van der Waals surface area contributed by atoms with E-state index < -0.39 is 17.3 Å². The van der Waals surface area contributed by atoms with Crippen LogP contribution < -0.4 is 20.7 Å². The second-order valence-corrected chi connectivity index (χ2v) is 9.84. The minimum Gasteiger partial charge on any atom is -0.481 e. The second-order valence-electron chi connectivity index (χ2n) is 8.82. The van der Waals surface area contributed by atoms with Crippen molar-refractivity contribution in [1.82, 2.24) is 20.3 Å². The molecular weight excluding hydrogens is 487 g/mol. The van der Waals surface area contributed by atoms with Crippen molar-refractivity contribution >= 4 is 46.1 Å². The van der Waals surface area contributed by atoms with Gasteiger partial charge in [0.25, 0.3) is 5.91 Å². The van der Waals surface area contributed by atoms with E-state index in [1.807, 2.05) is 0 Å². The molecule has 2 amide bonds. The van der Waals surface area contributed by atoms with Crippen molar-refractivity contribution in [1.29, 1.82) is 0 Å². The van der Waals surface area contributed by atoms with Gasteiger partial charge in [-0.05, 0) is 43.9 Å². The molecule has 3 aromatic rings. The van der Waals surface area contributed by atoms with Gasteiger partial charge in [-0.15, -0.1) is 11.8 Å². The van der Waals surface area contributed by atoms with Crippen LogP contribution in [-0.2, 0) is 16.1 Å². The Labute approximate surface area is 210 Å². The number of anilines is 2. The van der Waals surface area contributed by atoms with Gasteiger partial charge in [-0.25, -0.2) is 14.4 Å². The van der Waals surface area contributed by atoms with Crippen LogP contribution in [0.1, 0.15) is 31.4 Å². The molecule has 1 aliphatic heterocycles. The van der Waals surface area contributed by atoms with Crippen molar-refractivity contribution in [3.05, 3.63) is 42.0 Å². The topological polar surface area (TPSA) is 138 Å². The smallest absolute Gasteiger partial charge is 0.256 e. The number of nitrogens with zero attached hydrogens (tertiary/aromatic N) is 3. The molecule has 1 aliphatic carbocycles. The first-order valence-corrected chi connectivity index (χ1v) is 12.5. The molecule has 4 heterocycles. The molecule has 10 nitrogen and oxygen atoms in total. The van der Waals surface area contributed by atoms with Crippen LogP contribution in [0.25, 0.3) is 11.0 Å². The van der Waals surface area contributed by atoms with Crippen molar-refractivity contribution in [2.75, 3.05) is 23.5 Å². The number of carbonyl (C=O) groups is 2. The molecule has 1 saturated carbocycles. The highest BCUT2D eigenvalue weighted by Gasteiger charge is 2.40. The molecule has 0 spiro atoms. The number of rotatable bonds is 6. The minimum atomic E-state index is -1.54. The van der Waals surface area contributed by atoms with Crippen molar-refractivity contribution < 1.29 is 23.8 Å². The van der Waals surface area contributed by atoms with Crippen LogP contribution in [0.3, 0.4) is 0 Å². The number of thioether (sulfide) groups is 1. The summed E-state index contributed by atoms with van der Waals surface area (Å²) in [6.45, 7) is 0.172. The van der Waals surface area contributed by atoms with E-state index in [2.05, 4.69) is 30.9 Å². The van der Waals surface area contributed by atoms with E-state index in [0.717, 1.165) is 0 Å². The van der Waals surface area contributed by atoms with Crippen LogP contribution in [0.2, 0.25) is 0 Å². The summed E-state index contributed by atoms with van der Waals surface area (Å²) in [6, 6.07) is 6.43. The summed E-state index contributed by atoms with van der Waals surface area (Å²) in [4.78, 5) is 38.1. The van der Waals surface area contributed by atoms with E-state index in [4.69, 9.17) is 4.74 Å². The molecule has 1 fully saturated rings. The SMILES string of the molecule is COc1ccc2nccc(NC(=O)C3(O)CCC(NCc4nc5c(cc4F)SCC(=O)N5)CC3)c2n1. The van der Waals surface area contributed by atoms with Crippen molar-refractivity contribution in [3.63, 3.8) is 0 Å². The van der Waals surface area contributed by atoms with Gasteiger partial charge in [-0.3, -0.25) is 14.6 Å². The highest BCUT2D eigenvalue weighted by atomic mass is 32.2. The van der Waals surface area contributed by atoms with E-state index in [0.29, 0.717) is 46.2 Å². The maximum atomic E-state index is 14.5. The number of nitrogens with one attached hydrogen (secondary N) is 3. The number of aliphatic hydroxyl groups is 1. The van der Waals surface area contributed by atoms with Gasteiger partial charge < -0.3 is 25.8 Å². The van der Waals surface area contributed by atoms with E-state index in [9.17, 15) is 19.1 Å². The number of pyridine rings is 3. The standard InChI is InChI=1S/C24H25FN6O4S/c1-35-20-3-2-15-21(31-20)16(6-9-26-15)29-23(33)24(34)7-4-13(5-8-24)27-11-17-14(25)10-18-22(28-17)30-19(32)12-36-18/h2-3,6,9-10,13,27,34H,4-5,7-8,11-12H2,1H3,(H,26,29,33)(H,28,30,32). The Morgan fingerprint density at radius 1 is 1.31 bits per heavy atom. The zero-order chi connectivity index (χ0) is 25.3. The van der Waals surface area contributed by atoms with Crippen LogP contribution >= 0.6 is 11.8 Å². The van der Waals surface area contributed by atoms with Gasteiger partial charge >= 0.3 is 0 Å². The summed E-state index contributed by atoms with van der Waals surface area (Å²) in [5.41, 5.74) is 0.177. The van der Waals surface area contributed by atoms with E-state index in [1.54, 1.807) is 24.4 Å². The summed E-state index contributed by atoms with van der Waals surface area (Å²) in [5, 5.41) is 19.8. The number of amides is 2. The average Bonchev–Trinajstić information content (AvgIpc) is 2.88. The van der Waals surface area contributed by atoms with Gasteiger partial charge in [-0.2, -0.15) is 0 Å². The first kappa shape index (κ1) is 24.3. The van der Waals surface area contributed by atoms with Gasteiger partial charge in [0.1, 0.15) is 22.8 Å². The molecule has 0 unspecified atom stereocenters. The number of methoxy groups -OCH3 is 1. The Hall–Kier alpha value is -3.35. The predicted octanol–water partition coefficient (Wildman–Crippen LogP) is 2.62. The fourth-order valence-electron chi connectivity index (χ4n) is 4.37. The molecular formula is C24H25FN6O4S. The number of hydrogen-bond acceptors (Lipinski definition) is 9. The molecule has 2 aliphatic rings. The Morgan fingerprint density at radius 2 is 2.11 bits per heavy atom. The molecule has 3 aromatic heterocycles. The average molecular weight is 513 g/mol. The third-order valence-electron chi connectivity index (χ3n) is 6.44. The van der Waals surface area contributed by atoms with Crippen LogP contribution in [0.4, 0.5) is 15.9 Å². The Bertz CT molecular complexity index is 1330. The fraction of sp³-hybridized carbons (Fsp3) is 0.375. The lowest BCUT2D eigenvalue weighted by molar-refractivity contribution is -0.137. The van der Waals surface area contributed by atoms with Gasteiger partial charge in [0, 0.05) is 24.8 Å². The molecule has 0 aromatic carbocycles. The molecule has 5 rings (SSSR count). The van der Waals surface area contributed by atoms with Crippen molar-refractivity contribution in [3.8, 4) is 5.88 Å². The number of hydrogen-bond donors (Lipinski definition) is 4. The van der Waals surface area contributed by atoms with Gasteiger partial charge in [0.2, 0.25) is 11.8 Å². The van der Waals surface area contributed by atoms with Gasteiger partial charge in [-0.1, -0.05) is 0 Å². The molecule has 0 radical (unpaired) electrons. The number of ether oxygens (including phenoxy) is 1. The Balaban J connectivity index is 1.20. The molecule has 0 bridgehead atoms. The summed E-state index contributed by atoms with van der Waals surface area (Å²) in [6.07, 6.45) is 3.08. The third-order valence-corrected chi connectivity index (χ3v) is 7.47. The number of halogens is 1. The highest BCUT2D eigenvalue weighted by Crippen LogP contribution is 2.33. The van der Waals surface area contributed by atoms with Crippen molar-refractivity contribution in [2.45, 2.75) is 48.8 Å². The minimum absolute atomic E-state index is 0.0213. The first-order chi connectivity index (χ1) is 17.3. The molecule has 0 saturated heterocycles. The molecule has 4 N–H and O–H groups in total. The highest BCUT2D eigenvalue weighted by molar-refractivity contribution is 8.00. The maximum absolute atomic E-state index is 14.5. The quantitative estimate of drug-likeness (QED) is 0.393. The number of fused-ring (bicyclic) bond motifs is 2. The lowest BCUT2D eigenvalue weighted by Gasteiger charge is -2.35. The normalized spacial score (nSPS) is 21.5. The second kappa shape index (κ2) is 9.96. The van der Waals surface area contributed by atoms with Crippen LogP contribution in [-0.4, -0.2) is 56.4 Å². The number of carbonyl (C=O) groups excluding carboxylic acids is 2. The Morgan fingerprint density at radius 3 is 2.89 bits per heavy atom. The molecule has 36 heavy (non-hydrogen) atoms. The zero-order valence-electron chi connectivity index (χ0n) is 19.5. The van der Waals surface area contributed by atoms with E-state index >= 15 is 0 Å². The van der Waals surface area contributed by atoms with Crippen molar-refractivity contribution in [2.24, 2.45) is 0 Å². The lowest BCUT2D eigenvalue weighted by atomic mass is 9.81. The first-order valence-electron chi connectivity index (χ1n) is 11.5. The third kappa shape index (κ3) is 4.97. The maximum Gasteiger partial charge on any atom is 0.256 e. The fourth-order valence-corrected chi connectivity index (χ4v) is 5.15. The predicted molar refractivity (Wildman–Crippen MR) is 132 cm³/mol. The summed E-state index contributed by atoms with van der Waals surface area (Å²) < 4.78 is 19.7. The molecule has 12 heteroatoms. The Kier molecular flexibility index (Phi) is 6.73. The van der Waals surface area contributed by atoms with Crippen LogP contribution in [0, 0.1) is 5.82 Å². The number of aromatic nitrogens is 3. The monoisotopic (exact) mass is 512 g/mol. The zero-order valence-corrected chi connectivity index (χ0v) is 20.3. The van der Waals surface area contributed by atoms with Crippen LogP contribution in [0.5, 0.6) is 5.88 Å². The molecule has 188 valence electrons. The largest absolute Gasteiger partial charge is 0.481 e. The van der Waals surface area contributed by atoms with E-state index in [-0.39, 0.29) is 42.8 Å². The molecule has 0 atom stereocenters. The lowest BCUT2D eigenvalue weighted by Crippen LogP contribution is -2.48. The van der Waals surface area contributed by atoms with Gasteiger partial charge in [0.05, 0.1) is 34.7 Å². The summed E-state index contributed by atoms with van der Waals surface area (Å²) in [5.74, 6) is -0.0980. The van der Waals surface area contributed by atoms with Gasteiger partial charge in [0.15, 0.2) is 0 Å². The van der Waals surface area contributed by atoms with E-state index in [1.165, 1.54) is 24.9 Å². The van der Waals surface area contributed by atoms with Crippen LogP contribution in [0.15, 0.2) is 35.4 Å².